The van der Waals surface area contributed by atoms with Crippen molar-refractivity contribution in [1.82, 2.24) is 15.2 Å². The molecule has 2 aromatic carbocycles. The van der Waals surface area contributed by atoms with E-state index in [1.54, 1.807) is 23.5 Å². The third-order valence-electron chi connectivity index (χ3n) is 5.45. The first kappa shape index (κ1) is 21.5. The largest absolute Gasteiger partial charge is 0.457 e. The number of likely N-dealkylation sites (tertiary alicyclic amines) is 1. The number of piperidine rings is 1. The van der Waals surface area contributed by atoms with Crippen molar-refractivity contribution in [2.24, 2.45) is 5.92 Å². The van der Waals surface area contributed by atoms with E-state index in [2.05, 4.69) is 20.6 Å². The van der Waals surface area contributed by atoms with Gasteiger partial charge in [-0.05, 0) is 74.8 Å². The smallest absolute Gasteiger partial charge is 0.223 e. The van der Waals surface area contributed by atoms with Gasteiger partial charge in [0.15, 0.2) is 0 Å². The maximum absolute atomic E-state index is 13.0. The zero-order valence-electron chi connectivity index (χ0n) is 17.5. The minimum atomic E-state index is -0.293. The number of aromatic nitrogens is 1. The fourth-order valence-corrected chi connectivity index (χ4v) is 4.31. The summed E-state index contributed by atoms with van der Waals surface area (Å²) >= 11 is 1.68. The fraction of sp³-hybridized carbons (Fsp3) is 0.333. The van der Waals surface area contributed by atoms with Gasteiger partial charge in [0.05, 0.1) is 10.7 Å². The summed E-state index contributed by atoms with van der Waals surface area (Å²) in [5.74, 6) is 1.15. The number of halogens is 1. The van der Waals surface area contributed by atoms with Gasteiger partial charge in [-0.25, -0.2) is 9.37 Å². The zero-order chi connectivity index (χ0) is 21.6. The van der Waals surface area contributed by atoms with Crippen molar-refractivity contribution in [3.05, 3.63) is 76.0 Å². The number of hydrogen-bond donors (Lipinski definition) is 1. The molecule has 7 heteroatoms. The highest BCUT2D eigenvalue weighted by atomic mass is 32.1. The summed E-state index contributed by atoms with van der Waals surface area (Å²) in [5.41, 5.74) is 2.13. The number of hydrogen-bond acceptors (Lipinski definition) is 5. The second kappa shape index (κ2) is 10.0. The molecule has 1 aromatic heterocycles. The van der Waals surface area contributed by atoms with Gasteiger partial charge in [-0.15, -0.1) is 11.3 Å². The Morgan fingerprint density at radius 1 is 1.13 bits per heavy atom. The lowest BCUT2D eigenvalue weighted by molar-refractivity contribution is -0.126. The molecule has 0 unspecified atom stereocenters. The van der Waals surface area contributed by atoms with Gasteiger partial charge in [-0.2, -0.15) is 0 Å². The average molecular weight is 440 g/mol. The van der Waals surface area contributed by atoms with Crippen LogP contribution in [-0.2, 0) is 17.9 Å². The summed E-state index contributed by atoms with van der Waals surface area (Å²) in [6.07, 6.45) is 1.75. The molecule has 1 saturated heterocycles. The number of nitrogens with one attached hydrogen (secondary N) is 1. The number of amides is 1. The van der Waals surface area contributed by atoms with Gasteiger partial charge < -0.3 is 10.1 Å². The van der Waals surface area contributed by atoms with Crippen LogP contribution in [-0.4, -0.2) is 28.9 Å². The van der Waals surface area contributed by atoms with Crippen molar-refractivity contribution in [2.75, 3.05) is 13.1 Å². The monoisotopic (exact) mass is 439 g/mol. The number of thiazole rings is 1. The molecule has 0 spiro atoms. The predicted octanol–water partition coefficient (Wildman–Crippen LogP) is 4.91. The molecule has 0 bridgehead atoms. The molecule has 0 saturated carbocycles. The van der Waals surface area contributed by atoms with E-state index >= 15 is 0 Å². The van der Waals surface area contributed by atoms with Crippen molar-refractivity contribution in [1.29, 1.82) is 0 Å². The van der Waals surface area contributed by atoms with E-state index in [4.69, 9.17) is 4.74 Å². The minimum Gasteiger partial charge on any atom is -0.457 e. The lowest BCUT2D eigenvalue weighted by Gasteiger charge is -2.30. The number of nitrogens with zero attached hydrogens (tertiary/aromatic N) is 2. The molecule has 1 fully saturated rings. The van der Waals surface area contributed by atoms with E-state index in [0.717, 1.165) is 48.7 Å². The molecule has 2 heterocycles. The Bertz CT molecular complexity index is 996. The van der Waals surface area contributed by atoms with Gasteiger partial charge in [-0.1, -0.05) is 12.1 Å². The average Bonchev–Trinajstić information content (AvgIpc) is 3.19. The molecule has 4 rings (SSSR count). The minimum absolute atomic E-state index is 0.0644. The van der Waals surface area contributed by atoms with Gasteiger partial charge in [0.25, 0.3) is 0 Å². The maximum Gasteiger partial charge on any atom is 0.223 e. The van der Waals surface area contributed by atoms with E-state index in [9.17, 15) is 9.18 Å². The van der Waals surface area contributed by atoms with Gasteiger partial charge in [0.2, 0.25) is 5.91 Å². The van der Waals surface area contributed by atoms with Crippen LogP contribution in [0.4, 0.5) is 4.39 Å². The van der Waals surface area contributed by atoms with Crippen molar-refractivity contribution < 1.29 is 13.9 Å². The summed E-state index contributed by atoms with van der Waals surface area (Å²) in [6.45, 7) is 5.23. The van der Waals surface area contributed by atoms with Crippen LogP contribution in [0.1, 0.15) is 29.1 Å². The van der Waals surface area contributed by atoms with Crippen molar-refractivity contribution >= 4 is 17.2 Å². The van der Waals surface area contributed by atoms with E-state index in [1.165, 1.54) is 12.1 Å². The van der Waals surface area contributed by atoms with Gasteiger partial charge in [0, 0.05) is 24.4 Å². The van der Waals surface area contributed by atoms with E-state index in [0.29, 0.717) is 18.0 Å². The van der Waals surface area contributed by atoms with Gasteiger partial charge in [0.1, 0.15) is 17.3 Å². The quantitative estimate of drug-likeness (QED) is 0.568. The number of rotatable bonds is 7. The number of ether oxygens (including phenoxy) is 1. The van der Waals surface area contributed by atoms with E-state index in [1.807, 2.05) is 31.2 Å². The molecular formula is C24H26FN3O2S. The standard InChI is InChI=1S/C24H26FN3O2S/c1-17-27-21(16-31-17)15-28-12-10-19(11-13-28)24(29)26-14-18-2-6-22(7-3-18)30-23-8-4-20(25)5-9-23/h2-9,16,19H,10-15H2,1H3,(H,26,29). The second-order valence-electron chi connectivity index (χ2n) is 7.83. The lowest BCUT2D eigenvalue weighted by Crippen LogP contribution is -2.40. The fourth-order valence-electron chi connectivity index (χ4n) is 3.71. The molecule has 0 atom stereocenters. The molecule has 162 valence electrons. The van der Waals surface area contributed by atoms with Crippen molar-refractivity contribution in [3.8, 4) is 11.5 Å². The Kier molecular flexibility index (Phi) is 6.94. The third kappa shape index (κ3) is 6.12. The molecule has 1 N–H and O–H groups in total. The zero-order valence-corrected chi connectivity index (χ0v) is 18.3. The molecule has 1 aliphatic heterocycles. The van der Waals surface area contributed by atoms with Gasteiger partial charge >= 0.3 is 0 Å². The highest BCUT2D eigenvalue weighted by Gasteiger charge is 2.25. The first-order valence-corrected chi connectivity index (χ1v) is 11.4. The molecule has 0 aliphatic carbocycles. The van der Waals surface area contributed by atoms with Crippen LogP contribution >= 0.6 is 11.3 Å². The highest BCUT2D eigenvalue weighted by molar-refractivity contribution is 7.09. The molecule has 0 radical (unpaired) electrons. The Morgan fingerprint density at radius 3 is 2.39 bits per heavy atom. The second-order valence-corrected chi connectivity index (χ2v) is 8.89. The van der Waals surface area contributed by atoms with E-state index in [-0.39, 0.29) is 17.6 Å². The number of carbonyl (C=O) groups is 1. The molecule has 3 aromatic rings. The van der Waals surface area contributed by atoms with Gasteiger partial charge in [-0.3, -0.25) is 9.69 Å². The van der Waals surface area contributed by atoms with E-state index < -0.39 is 0 Å². The summed E-state index contributed by atoms with van der Waals surface area (Å²) in [7, 11) is 0. The Balaban J connectivity index is 1.20. The van der Waals surface area contributed by atoms with Crippen LogP contribution in [0.3, 0.4) is 0 Å². The van der Waals surface area contributed by atoms with Crippen molar-refractivity contribution in [2.45, 2.75) is 32.9 Å². The summed E-state index contributed by atoms with van der Waals surface area (Å²) in [4.78, 5) is 19.5. The number of carbonyl (C=O) groups excluding carboxylic acids is 1. The van der Waals surface area contributed by atoms with Crippen LogP contribution in [0.2, 0.25) is 0 Å². The first-order valence-electron chi connectivity index (χ1n) is 10.5. The highest BCUT2D eigenvalue weighted by Crippen LogP contribution is 2.23. The van der Waals surface area contributed by atoms with Crippen LogP contribution in [0.5, 0.6) is 11.5 Å². The maximum atomic E-state index is 13.0. The molecule has 1 amide bonds. The third-order valence-corrected chi connectivity index (χ3v) is 6.27. The first-order chi connectivity index (χ1) is 15.0. The summed E-state index contributed by atoms with van der Waals surface area (Å²) < 4.78 is 18.7. The molecule has 31 heavy (non-hydrogen) atoms. The van der Waals surface area contributed by atoms with Crippen LogP contribution in [0.25, 0.3) is 0 Å². The SMILES string of the molecule is Cc1nc(CN2CCC(C(=O)NCc3ccc(Oc4ccc(F)cc4)cc3)CC2)cs1. The molecule has 5 nitrogen and oxygen atoms in total. The van der Waals surface area contributed by atoms with Crippen LogP contribution < -0.4 is 10.1 Å². The van der Waals surface area contributed by atoms with Crippen molar-refractivity contribution in [3.63, 3.8) is 0 Å². The Hall–Kier alpha value is -2.77. The molecule has 1 aliphatic rings. The number of benzene rings is 2. The summed E-state index contributed by atoms with van der Waals surface area (Å²) in [6, 6.07) is 13.5. The Morgan fingerprint density at radius 2 is 1.77 bits per heavy atom. The topological polar surface area (TPSA) is 54.5 Å². The summed E-state index contributed by atoms with van der Waals surface area (Å²) in [5, 5.41) is 6.27. The lowest BCUT2D eigenvalue weighted by atomic mass is 9.95. The predicted molar refractivity (Wildman–Crippen MR) is 120 cm³/mol. The molecular weight excluding hydrogens is 413 g/mol. The van der Waals surface area contributed by atoms with Crippen LogP contribution in [0.15, 0.2) is 53.9 Å². The Labute approximate surface area is 185 Å². The number of aryl methyl sites for hydroxylation is 1. The normalized spacial score (nSPS) is 15.0. The van der Waals surface area contributed by atoms with Crippen LogP contribution in [0, 0.1) is 18.7 Å².